The van der Waals surface area contributed by atoms with Gasteiger partial charge in [0.2, 0.25) is 10.0 Å². The van der Waals surface area contributed by atoms with Gasteiger partial charge in [-0.1, -0.05) is 44.1 Å². The molecule has 0 spiro atoms. The zero-order valence-electron chi connectivity index (χ0n) is 12.9. The van der Waals surface area contributed by atoms with Gasteiger partial charge in [-0.25, -0.2) is 8.42 Å². The minimum Gasteiger partial charge on any atom is -0.389 e. The van der Waals surface area contributed by atoms with Crippen molar-refractivity contribution in [2.24, 2.45) is 5.73 Å². The van der Waals surface area contributed by atoms with E-state index in [1.54, 1.807) is 28.6 Å². The Morgan fingerprint density at radius 3 is 2.52 bits per heavy atom. The second-order valence-electron chi connectivity index (χ2n) is 5.31. The van der Waals surface area contributed by atoms with Crippen LogP contribution in [-0.4, -0.2) is 30.3 Å². The molecule has 1 rings (SSSR count). The van der Waals surface area contributed by atoms with Crippen LogP contribution >= 0.6 is 12.2 Å². The molecule has 0 aliphatic heterocycles. The highest BCUT2D eigenvalue weighted by Gasteiger charge is 2.26. The third-order valence-electron chi connectivity index (χ3n) is 3.28. The topological polar surface area (TPSA) is 63.4 Å². The number of sulfonamides is 1. The Kier molecular flexibility index (Phi) is 6.77. The minimum absolute atomic E-state index is 0.0830. The molecule has 0 bridgehead atoms. The number of nitrogens with zero attached hydrogens (tertiary/aromatic N) is 1. The third-order valence-corrected chi connectivity index (χ3v) is 5.59. The molecule has 0 aliphatic rings. The number of hydrogen-bond acceptors (Lipinski definition) is 3. The summed E-state index contributed by atoms with van der Waals surface area (Å²) in [6.07, 6.45) is 2.94. The van der Waals surface area contributed by atoms with E-state index in [9.17, 15) is 8.42 Å². The maximum absolute atomic E-state index is 12.8. The van der Waals surface area contributed by atoms with E-state index in [-0.39, 0.29) is 15.9 Å². The van der Waals surface area contributed by atoms with Crippen molar-refractivity contribution >= 4 is 27.2 Å². The lowest BCUT2D eigenvalue weighted by Gasteiger charge is -2.26. The summed E-state index contributed by atoms with van der Waals surface area (Å²) in [4.78, 5) is 0.451. The monoisotopic (exact) mass is 328 g/mol. The largest absolute Gasteiger partial charge is 0.389 e. The molecular weight excluding hydrogens is 304 g/mol. The fourth-order valence-electron chi connectivity index (χ4n) is 2.12. The SMILES string of the molecule is CCCCCN(C(C)C)S(=O)(=O)c1cccc(C(N)=S)c1. The van der Waals surface area contributed by atoms with E-state index in [0.717, 1.165) is 19.3 Å². The zero-order chi connectivity index (χ0) is 16.0. The van der Waals surface area contributed by atoms with Crippen LogP contribution in [0.2, 0.25) is 0 Å². The second kappa shape index (κ2) is 7.87. The predicted octanol–water partition coefficient (Wildman–Crippen LogP) is 2.91. The highest BCUT2D eigenvalue weighted by Crippen LogP contribution is 2.20. The molecule has 0 radical (unpaired) electrons. The van der Waals surface area contributed by atoms with Crippen LogP contribution in [0.1, 0.15) is 45.6 Å². The lowest BCUT2D eigenvalue weighted by molar-refractivity contribution is 0.345. The highest BCUT2D eigenvalue weighted by atomic mass is 32.2. The average Bonchev–Trinajstić information content (AvgIpc) is 2.43. The zero-order valence-corrected chi connectivity index (χ0v) is 14.5. The Morgan fingerprint density at radius 2 is 2.00 bits per heavy atom. The van der Waals surface area contributed by atoms with Gasteiger partial charge in [0.05, 0.1) is 4.90 Å². The van der Waals surface area contributed by atoms with E-state index >= 15 is 0 Å². The summed E-state index contributed by atoms with van der Waals surface area (Å²) in [6.45, 7) is 6.41. The Bertz CT molecular complexity index is 583. The summed E-state index contributed by atoms with van der Waals surface area (Å²) in [5, 5.41) is 0. The fourth-order valence-corrected chi connectivity index (χ4v) is 3.97. The van der Waals surface area contributed by atoms with E-state index in [2.05, 4.69) is 6.92 Å². The highest BCUT2D eigenvalue weighted by molar-refractivity contribution is 7.89. The predicted molar refractivity (Wildman–Crippen MR) is 90.9 cm³/mol. The molecule has 118 valence electrons. The van der Waals surface area contributed by atoms with Crippen LogP contribution in [0.25, 0.3) is 0 Å². The van der Waals surface area contributed by atoms with Gasteiger partial charge in [0.25, 0.3) is 0 Å². The van der Waals surface area contributed by atoms with Crippen LogP contribution in [0.5, 0.6) is 0 Å². The molecule has 0 fully saturated rings. The summed E-state index contributed by atoms with van der Waals surface area (Å²) in [7, 11) is -3.52. The van der Waals surface area contributed by atoms with Gasteiger partial charge in [-0.05, 0) is 32.4 Å². The molecule has 0 amide bonds. The minimum atomic E-state index is -3.52. The van der Waals surface area contributed by atoms with Gasteiger partial charge in [-0.2, -0.15) is 4.31 Å². The van der Waals surface area contributed by atoms with Gasteiger partial charge in [0.1, 0.15) is 4.99 Å². The molecule has 0 unspecified atom stereocenters. The van der Waals surface area contributed by atoms with Crippen molar-refractivity contribution in [3.8, 4) is 0 Å². The molecule has 0 atom stereocenters. The average molecular weight is 329 g/mol. The number of thiocarbonyl (C=S) groups is 1. The molecule has 6 heteroatoms. The van der Waals surface area contributed by atoms with Crippen molar-refractivity contribution in [1.82, 2.24) is 4.31 Å². The lowest BCUT2D eigenvalue weighted by Crippen LogP contribution is -2.37. The van der Waals surface area contributed by atoms with Crippen LogP contribution in [0, 0.1) is 0 Å². The van der Waals surface area contributed by atoms with Gasteiger partial charge in [0, 0.05) is 18.2 Å². The van der Waals surface area contributed by atoms with Crippen molar-refractivity contribution in [1.29, 1.82) is 0 Å². The second-order valence-corrected chi connectivity index (χ2v) is 7.64. The van der Waals surface area contributed by atoms with Gasteiger partial charge in [-0.15, -0.1) is 0 Å². The molecule has 0 saturated heterocycles. The molecule has 0 aromatic heterocycles. The molecule has 0 saturated carbocycles. The van der Waals surface area contributed by atoms with E-state index in [1.807, 2.05) is 13.8 Å². The first-order valence-corrected chi connectivity index (χ1v) is 9.07. The maximum atomic E-state index is 12.8. The van der Waals surface area contributed by atoms with Crippen LogP contribution < -0.4 is 5.73 Å². The van der Waals surface area contributed by atoms with Crippen molar-refractivity contribution in [2.45, 2.75) is 51.0 Å². The van der Waals surface area contributed by atoms with Crippen LogP contribution in [0.3, 0.4) is 0 Å². The van der Waals surface area contributed by atoms with Crippen molar-refractivity contribution in [2.75, 3.05) is 6.54 Å². The number of hydrogen-bond donors (Lipinski definition) is 1. The van der Waals surface area contributed by atoms with Crippen molar-refractivity contribution in [3.63, 3.8) is 0 Å². The molecule has 0 aliphatic carbocycles. The molecule has 1 aromatic rings. The van der Waals surface area contributed by atoms with Crippen molar-refractivity contribution in [3.05, 3.63) is 29.8 Å². The number of benzene rings is 1. The van der Waals surface area contributed by atoms with Gasteiger partial charge < -0.3 is 5.73 Å². The van der Waals surface area contributed by atoms with E-state index in [1.165, 1.54) is 0 Å². The molecule has 2 N–H and O–H groups in total. The first-order valence-electron chi connectivity index (χ1n) is 7.22. The first-order chi connectivity index (χ1) is 9.80. The maximum Gasteiger partial charge on any atom is 0.243 e. The van der Waals surface area contributed by atoms with E-state index in [4.69, 9.17) is 18.0 Å². The molecule has 4 nitrogen and oxygen atoms in total. The number of rotatable bonds is 8. The standard InChI is InChI=1S/C15H24N2O2S2/c1-4-5-6-10-17(12(2)3)21(18,19)14-9-7-8-13(11-14)15(16)20/h7-9,11-12H,4-6,10H2,1-3H3,(H2,16,20). The smallest absolute Gasteiger partial charge is 0.243 e. The van der Waals surface area contributed by atoms with E-state index < -0.39 is 10.0 Å². The Labute approximate surface area is 133 Å². The summed E-state index contributed by atoms with van der Waals surface area (Å²) < 4.78 is 27.1. The molecule has 1 aromatic carbocycles. The van der Waals surface area contributed by atoms with Gasteiger partial charge in [-0.3, -0.25) is 0 Å². The molecule has 21 heavy (non-hydrogen) atoms. The Morgan fingerprint density at radius 1 is 1.33 bits per heavy atom. The van der Waals surface area contributed by atoms with Gasteiger partial charge >= 0.3 is 0 Å². The summed E-state index contributed by atoms with van der Waals surface area (Å²) in [6, 6.07) is 6.45. The van der Waals surface area contributed by atoms with E-state index in [0.29, 0.717) is 12.1 Å². The molecular formula is C15H24N2O2S2. The third kappa shape index (κ3) is 4.76. The van der Waals surface area contributed by atoms with Crippen LogP contribution in [0.15, 0.2) is 29.2 Å². The number of unbranched alkanes of at least 4 members (excludes halogenated alkanes) is 2. The fraction of sp³-hybridized carbons (Fsp3) is 0.533. The first kappa shape index (κ1) is 18.1. The Balaban J connectivity index is 3.10. The molecule has 0 heterocycles. The summed E-state index contributed by atoms with van der Waals surface area (Å²) in [5.41, 5.74) is 6.16. The van der Waals surface area contributed by atoms with Crippen LogP contribution in [-0.2, 0) is 10.0 Å². The summed E-state index contributed by atoms with van der Waals surface area (Å²) in [5.74, 6) is 0. The van der Waals surface area contributed by atoms with Gasteiger partial charge in [0.15, 0.2) is 0 Å². The lowest BCUT2D eigenvalue weighted by atomic mass is 10.2. The van der Waals surface area contributed by atoms with Crippen molar-refractivity contribution < 1.29 is 8.42 Å². The quantitative estimate of drug-likeness (QED) is 0.589. The Hall–Kier alpha value is -0.980. The summed E-state index contributed by atoms with van der Waals surface area (Å²) >= 11 is 4.92. The van der Waals surface area contributed by atoms with Crippen LogP contribution in [0.4, 0.5) is 0 Å². The number of nitrogens with two attached hydrogens (primary N) is 1. The normalized spacial score (nSPS) is 12.0.